The van der Waals surface area contributed by atoms with Crippen molar-refractivity contribution in [3.05, 3.63) is 29.6 Å². The highest BCUT2D eigenvalue weighted by Crippen LogP contribution is 2.31. The van der Waals surface area contributed by atoms with Crippen molar-refractivity contribution >= 4 is 5.69 Å². The molecule has 1 fully saturated rings. The van der Waals surface area contributed by atoms with Gasteiger partial charge in [-0.1, -0.05) is 26.0 Å². The van der Waals surface area contributed by atoms with Crippen LogP contribution in [0.4, 0.5) is 10.1 Å². The highest BCUT2D eigenvalue weighted by Gasteiger charge is 2.24. The maximum absolute atomic E-state index is 13.7. The predicted octanol–water partition coefficient (Wildman–Crippen LogP) is 4.37. The summed E-state index contributed by atoms with van der Waals surface area (Å²) in [4.78, 5) is 0. The van der Waals surface area contributed by atoms with Gasteiger partial charge in [-0.3, -0.25) is 0 Å². The minimum Gasteiger partial charge on any atom is -0.380 e. The van der Waals surface area contributed by atoms with Gasteiger partial charge in [0, 0.05) is 6.04 Å². The average Bonchev–Trinajstić information content (AvgIpc) is 2.22. The molecule has 94 valence electrons. The Morgan fingerprint density at radius 2 is 1.76 bits per heavy atom. The molecule has 0 aliphatic heterocycles. The van der Waals surface area contributed by atoms with E-state index >= 15 is 0 Å². The average molecular weight is 235 g/mol. The molecule has 1 aliphatic carbocycles. The van der Waals surface area contributed by atoms with E-state index in [9.17, 15) is 4.39 Å². The molecule has 2 unspecified atom stereocenters. The van der Waals surface area contributed by atoms with E-state index in [1.54, 1.807) is 6.07 Å². The maximum Gasteiger partial charge on any atom is 0.146 e. The number of rotatable bonds is 2. The smallest absolute Gasteiger partial charge is 0.146 e. The minimum absolute atomic E-state index is 0.129. The minimum atomic E-state index is -0.129. The van der Waals surface area contributed by atoms with Gasteiger partial charge in [0.2, 0.25) is 0 Å². The van der Waals surface area contributed by atoms with Gasteiger partial charge < -0.3 is 5.32 Å². The molecule has 2 rings (SSSR count). The lowest BCUT2D eigenvalue weighted by molar-refractivity contribution is 0.280. The van der Waals surface area contributed by atoms with Crippen LogP contribution in [0.15, 0.2) is 18.2 Å². The van der Waals surface area contributed by atoms with Crippen LogP contribution < -0.4 is 5.32 Å². The van der Waals surface area contributed by atoms with Crippen molar-refractivity contribution in [2.24, 2.45) is 11.8 Å². The first kappa shape index (κ1) is 12.4. The molecule has 1 nitrogen and oxygen atoms in total. The molecule has 0 spiro atoms. The van der Waals surface area contributed by atoms with Crippen molar-refractivity contribution in [1.82, 2.24) is 0 Å². The third kappa shape index (κ3) is 2.99. The quantitative estimate of drug-likeness (QED) is 0.802. The fraction of sp³-hybridized carbons (Fsp3) is 0.600. The van der Waals surface area contributed by atoms with Gasteiger partial charge in [0.1, 0.15) is 5.82 Å². The number of hydrogen-bond acceptors (Lipinski definition) is 1. The first-order valence-electron chi connectivity index (χ1n) is 6.58. The van der Waals surface area contributed by atoms with Crippen LogP contribution in [0.5, 0.6) is 0 Å². The fourth-order valence-corrected chi connectivity index (χ4v) is 3.08. The van der Waals surface area contributed by atoms with Crippen LogP contribution in [0.2, 0.25) is 0 Å². The Labute approximate surface area is 103 Å². The summed E-state index contributed by atoms with van der Waals surface area (Å²) in [6.45, 7) is 6.54. The summed E-state index contributed by atoms with van der Waals surface area (Å²) in [6.07, 6.45) is 3.60. The number of benzene rings is 1. The summed E-state index contributed by atoms with van der Waals surface area (Å²) in [7, 11) is 0. The van der Waals surface area contributed by atoms with E-state index in [4.69, 9.17) is 0 Å². The zero-order chi connectivity index (χ0) is 12.4. The van der Waals surface area contributed by atoms with Crippen LogP contribution in [0.1, 0.15) is 38.7 Å². The van der Waals surface area contributed by atoms with E-state index in [0.29, 0.717) is 11.7 Å². The summed E-state index contributed by atoms with van der Waals surface area (Å²) in [5.41, 5.74) is 1.69. The third-order valence-corrected chi connectivity index (χ3v) is 3.75. The Morgan fingerprint density at radius 1 is 1.12 bits per heavy atom. The zero-order valence-electron chi connectivity index (χ0n) is 11.0. The van der Waals surface area contributed by atoms with Crippen LogP contribution in [0.25, 0.3) is 0 Å². The van der Waals surface area contributed by atoms with Crippen molar-refractivity contribution in [3.63, 3.8) is 0 Å². The number of nitrogens with one attached hydrogen (secondary N) is 1. The molecule has 0 saturated heterocycles. The molecule has 1 N–H and O–H groups in total. The molecule has 0 aromatic heterocycles. The topological polar surface area (TPSA) is 12.0 Å². The molecule has 0 radical (unpaired) electrons. The van der Waals surface area contributed by atoms with Crippen molar-refractivity contribution in [1.29, 1.82) is 0 Å². The molecule has 0 bridgehead atoms. The van der Waals surface area contributed by atoms with Gasteiger partial charge in [-0.25, -0.2) is 4.39 Å². The lowest BCUT2D eigenvalue weighted by Gasteiger charge is -2.33. The summed E-state index contributed by atoms with van der Waals surface area (Å²) in [5.74, 6) is 1.35. The molecule has 0 amide bonds. The van der Waals surface area contributed by atoms with Gasteiger partial charge in [-0.05, 0) is 49.7 Å². The monoisotopic (exact) mass is 235 g/mol. The molecule has 2 heteroatoms. The molecule has 1 aliphatic rings. The predicted molar refractivity (Wildman–Crippen MR) is 70.7 cm³/mol. The normalized spacial score (nSPS) is 29.1. The maximum atomic E-state index is 13.7. The lowest BCUT2D eigenvalue weighted by atomic mass is 9.80. The first-order valence-corrected chi connectivity index (χ1v) is 6.58. The van der Waals surface area contributed by atoms with Gasteiger partial charge in [-0.2, -0.15) is 0 Å². The van der Waals surface area contributed by atoms with Gasteiger partial charge in [0.05, 0.1) is 5.69 Å². The van der Waals surface area contributed by atoms with Crippen LogP contribution in [0.3, 0.4) is 0 Å². The van der Waals surface area contributed by atoms with E-state index in [2.05, 4.69) is 19.2 Å². The molecule has 2 atom stereocenters. The summed E-state index contributed by atoms with van der Waals surface area (Å²) in [6, 6.07) is 5.68. The Bertz CT molecular complexity index is 358. The van der Waals surface area contributed by atoms with E-state index in [-0.39, 0.29) is 5.82 Å². The van der Waals surface area contributed by atoms with Crippen molar-refractivity contribution in [2.75, 3.05) is 5.32 Å². The molecule has 17 heavy (non-hydrogen) atoms. The molecule has 0 heterocycles. The summed E-state index contributed by atoms with van der Waals surface area (Å²) >= 11 is 0. The van der Waals surface area contributed by atoms with Gasteiger partial charge in [-0.15, -0.1) is 0 Å². The second-order valence-electron chi connectivity index (χ2n) is 5.69. The Morgan fingerprint density at radius 3 is 2.35 bits per heavy atom. The molecular formula is C15H22FN. The first-order chi connectivity index (χ1) is 8.06. The van der Waals surface area contributed by atoms with Gasteiger partial charge in [0.15, 0.2) is 0 Å². The Kier molecular flexibility index (Phi) is 3.70. The Hall–Kier alpha value is -1.05. The molecule has 1 aromatic carbocycles. The van der Waals surface area contributed by atoms with Crippen LogP contribution in [-0.4, -0.2) is 6.04 Å². The van der Waals surface area contributed by atoms with Crippen molar-refractivity contribution < 1.29 is 4.39 Å². The number of hydrogen-bond donors (Lipinski definition) is 1. The largest absolute Gasteiger partial charge is 0.380 e. The van der Waals surface area contributed by atoms with Crippen LogP contribution >= 0.6 is 0 Å². The lowest BCUT2D eigenvalue weighted by Crippen LogP contribution is -2.30. The van der Waals surface area contributed by atoms with Gasteiger partial charge >= 0.3 is 0 Å². The summed E-state index contributed by atoms with van der Waals surface area (Å²) < 4.78 is 13.7. The fourth-order valence-electron chi connectivity index (χ4n) is 3.08. The Balaban J connectivity index is 2.10. The van der Waals surface area contributed by atoms with Gasteiger partial charge in [0.25, 0.3) is 0 Å². The van der Waals surface area contributed by atoms with Crippen LogP contribution in [0, 0.1) is 24.6 Å². The highest BCUT2D eigenvalue weighted by atomic mass is 19.1. The standard InChI is InChI=1S/C15H22FN/c1-10-7-11(2)9-13(8-10)17-15-12(3)5-4-6-14(15)16/h4-6,10-11,13,17H,7-9H2,1-3H3. The number of aryl methyl sites for hydroxylation is 1. The second-order valence-corrected chi connectivity index (χ2v) is 5.69. The molecule has 1 aromatic rings. The van der Waals surface area contributed by atoms with Crippen molar-refractivity contribution in [2.45, 2.75) is 46.1 Å². The number of anilines is 1. The van der Waals surface area contributed by atoms with Crippen LogP contribution in [-0.2, 0) is 0 Å². The van der Waals surface area contributed by atoms with E-state index in [1.807, 2.05) is 13.0 Å². The molecular weight excluding hydrogens is 213 g/mol. The molecule has 1 saturated carbocycles. The zero-order valence-corrected chi connectivity index (χ0v) is 11.0. The summed E-state index contributed by atoms with van der Waals surface area (Å²) in [5, 5.41) is 3.40. The second kappa shape index (κ2) is 5.07. The van der Waals surface area contributed by atoms with E-state index in [1.165, 1.54) is 12.5 Å². The van der Waals surface area contributed by atoms with E-state index in [0.717, 1.165) is 30.2 Å². The third-order valence-electron chi connectivity index (χ3n) is 3.75. The van der Waals surface area contributed by atoms with E-state index < -0.39 is 0 Å². The van der Waals surface area contributed by atoms with Crippen molar-refractivity contribution in [3.8, 4) is 0 Å². The number of halogens is 1. The SMILES string of the molecule is Cc1cccc(F)c1NC1CC(C)CC(C)C1. The highest BCUT2D eigenvalue weighted by molar-refractivity contribution is 5.52. The number of para-hydroxylation sites is 1.